The van der Waals surface area contributed by atoms with E-state index in [2.05, 4.69) is 21.2 Å². The summed E-state index contributed by atoms with van der Waals surface area (Å²) < 4.78 is 5.64. The molecule has 0 saturated heterocycles. The number of methoxy groups -OCH3 is 1. The number of nitro benzene ring substituents is 1. The first-order valence-corrected chi connectivity index (χ1v) is 6.54. The average Bonchev–Trinajstić information content (AvgIpc) is 2.34. The molecule has 1 aromatic carbocycles. The molecular weight excluding hydrogens is 316 g/mol. The minimum atomic E-state index is -0.994. The SMILES string of the molecule is COCCC(C)(O)CNc1cc(Br)ccc1[N+](=O)[O-]. The van der Waals surface area contributed by atoms with Crippen molar-refractivity contribution >= 4 is 27.3 Å². The van der Waals surface area contributed by atoms with E-state index in [1.165, 1.54) is 6.07 Å². The van der Waals surface area contributed by atoms with Crippen molar-refractivity contribution in [2.24, 2.45) is 0 Å². The fourth-order valence-electron chi connectivity index (χ4n) is 1.51. The summed E-state index contributed by atoms with van der Waals surface area (Å²) in [6.07, 6.45) is 0.443. The van der Waals surface area contributed by atoms with Crippen LogP contribution in [0.2, 0.25) is 0 Å². The fraction of sp³-hybridized carbons (Fsp3) is 0.500. The van der Waals surface area contributed by atoms with Crippen LogP contribution in [0.1, 0.15) is 13.3 Å². The molecule has 6 nitrogen and oxygen atoms in total. The molecule has 1 rings (SSSR count). The standard InChI is InChI=1S/C12H17BrN2O4/c1-12(16,5-6-19-2)8-14-10-7-9(13)3-4-11(10)15(17)18/h3-4,7,14,16H,5-6,8H2,1-2H3. The summed E-state index contributed by atoms with van der Waals surface area (Å²) in [5.41, 5.74) is -0.644. The molecule has 0 aliphatic heterocycles. The molecule has 0 saturated carbocycles. The van der Waals surface area contributed by atoms with Crippen LogP contribution in [0.25, 0.3) is 0 Å². The summed E-state index contributed by atoms with van der Waals surface area (Å²) >= 11 is 3.26. The Labute approximate surface area is 120 Å². The number of nitro groups is 1. The van der Waals surface area contributed by atoms with Gasteiger partial charge in [0.2, 0.25) is 0 Å². The van der Waals surface area contributed by atoms with Crippen molar-refractivity contribution in [3.8, 4) is 0 Å². The monoisotopic (exact) mass is 332 g/mol. The number of rotatable bonds is 7. The van der Waals surface area contributed by atoms with Gasteiger partial charge in [-0.15, -0.1) is 0 Å². The molecule has 19 heavy (non-hydrogen) atoms. The lowest BCUT2D eigenvalue weighted by Crippen LogP contribution is -2.34. The van der Waals surface area contributed by atoms with Crippen LogP contribution in [0.3, 0.4) is 0 Å². The predicted molar refractivity (Wildman–Crippen MR) is 76.4 cm³/mol. The fourth-order valence-corrected chi connectivity index (χ4v) is 1.87. The zero-order valence-corrected chi connectivity index (χ0v) is 12.4. The van der Waals surface area contributed by atoms with Gasteiger partial charge in [0.25, 0.3) is 5.69 Å². The molecule has 0 bridgehead atoms. The van der Waals surface area contributed by atoms with Gasteiger partial charge in [-0.2, -0.15) is 0 Å². The van der Waals surface area contributed by atoms with Gasteiger partial charge in [-0.05, 0) is 19.1 Å². The topological polar surface area (TPSA) is 84.6 Å². The maximum absolute atomic E-state index is 10.9. The van der Waals surface area contributed by atoms with Crippen molar-refractivity contribution in [2.75, 3.05) is 25.6 Å². The summed E-state index contributed by atoms with van der Waals surface area (Å²) in [7, 11) is 1.56. The van der Waals surface area contributed by atoms with Crippen LogP contribution in [0.4, 0.5) is 11.4 Å². The van der Waals surface area contributed by atoms with Gasteiger partial charge < -0.3 is 15.2 Å². The largest absolute Gasteiger partial charge is 0.388 e. The Morgan fingerprint density at radius 2 is 2.26 bits per heavy atom. The molecule has 106 valence electrons. The molecule has 7 heteroatoms. The lowest BCUT2D eigenvalue weighted by atomic mass is 10.0. The van der Waals surface area contributed by atoms with Crippen molar-refractivity contribution in [1.82, 2.24) is 0 Å². The van der Waals surface area contributed by atoms with Crippen molar-refractivity contribution in [3.63, 3.8) is 0 Å². The number of benzene rings is 1. The maximum Gasteiger partial charge on any atom is 0.292 e. The first kappa shape index (κ1) is 15.9. The van der Waals surface area contributed by atoms with Gasteiger partial charge in [0.15, 0.2) is 0 Å². The lowest BCUT2D eigenvalue weighted by molar-refractivity contribution is -0.384. The Morgan fingerprint density at radius 3 is 2.84 bits per heavy atom. The molecule has 0 aliphatic rings. The summed E-state index contributed by atoms with van der Waals surface area (Å²) in [5, 5.41) is 23.9. The molecule has 1 unspecified atom stereocenters. The Kier molecular flexibility index (Phi) is 5.71. The van der Waals surface area contributed by atoms with Gasteiger partial charge in [-0.25, -0.2) is 0 Å². The summed E-state index contributed by atoms with van der Waals surface area (Å²) in [6, 6.07) is 4.63. The van der Waals surface area contributed by atoms with E-state index in [-0.39, 0.29) is 12.2 Å². The summed E-state index contributed by atoms with van der Waals surface area (Å²) in [5.74, 6) is 0. The van der Waals surface area contributed by atoms with Gasteiger partial charge in [0.1, 0.15) is 5.69 Å². The second kappa shape index (κ2) is 6.83. The van der Waals surface area contributed by atoms with E-state index in [4.69, 9.17) is 4.74 Å². The van der Waals surface area contributed by atoms with Crippen molar-refractivity contribution in [2.45, 2.75) is 18.9 Å². The molecule has 1 aromatic rings. The van der Waals surface area contributed by atoms with E-state index < -0.39 is 10.5 Å². The molecule has 0 aliphatic carbocycles. The highest BCUT2D eigenvalue weighted by Crippen LogP contribution is 2.28. The zero-order chi connectivity index (χ0) is 14.5. The number of hydrogen-bond donors (Lipinski definition) is 2. The van der Waals surface area contributed by atoms with E-state index >= 15 is 0 Å². The van der Waals surface area contributed by atoms with Gasteiger partial charge in [0.05, 0.1) is 10.5 Å². The number of aliphatic hydroxyl groups is 1. The van der Waals surface area contributed by atoms with E-state index in [0.29, 0.717) is 18.7 Å². The van der Waals surface area contributed by atoms with Gasteiger partial charge >= 0.3 is 0 Å². The normalized spacial score (nSPS) is 13.9. The molecule has 0 fully saturated rings. The molecule has 0 amide bonds. The van der Waals surface area contributed by atoms with Gasteiger partial charge in [-0.3, -0.25) is 10.1 Å². The first-order chi connectivity index (χ1) is 8.85. The number of nitrogens with zero attached hydrogens (tertiary/aromatic N) is 1. The highest BCUT2D eigenvalue weighted by molar-refractivity contribution is 9.10. The molecule has 2 N–H and O–H groups in total. The number of halogens is 1. The Hall–Kier alpha value is -1.18. The van der Waals surface area contributed by atoms with E-state index in [1.54, 1.807) is 26.2 Å². The molecule has 0 spiro atoms. The van der Waals surface area contributed by atoms with Gasteiger partial charge in [0, 0.05) is 37.2 Å². The van der Waals surface area contributed by atoms with Crippen LogP contribution in [0.15, 0.2) is 22.7 Å². The maximum atomic E-state index is 10.9. The van der Waals surface area contributed by atoms with Crippen LogP contribution in [-0.2, 0) is 4.74 Å². The number of anilines is 1. The third-order valence-corrected chi connectivity index (χ3v) is 3.15. The van der Waals surface area contributed by atoms with E-state index in [9.17, 15) is 15.2 Å². The second-order valence-electron chi connectivity index (χ2n) is 4.51. The Bertz CT molecular complexity index is 451. The molecule has 1 atom stereocenters. The zero-order valence-electron chi connectivity index (χ0n) is 10.9. The van der Waals surface area contributed by atoms with Crippen LogP contribution in [0.5, 0.6) is 0 Å². The second-order valence-corrected chi connectivity index (χ2v) is 5.43. The van der Waals surface area contributed by atoms with Crippen molar-refractivity contribution in [3.05, 3.63) is 32.8 Å². The highest BCUT2D eigenvalue weighted by Gasteiger charge is 2.22. The minimum Gasteiger partial charge on any atom is -0.388 e. The third-order valence-electron chi connectivity index (χ3n) is 2.66. The van der Waals surface area contributed by atoms with Crippen LogP contribution >= 0.6 is 15.9 Å². The summed E-state index contributed by atoms with van der Waals surface area (Å²) in [4.78, 5) is 10.4. The Balaban J connectivity index is 2.76. The van der Waals surface area contributed by atoms with Crippen molar-refractivity contribution in [1.29, 1.82) is 0 Å². The number of nitrogens with one attached hydrogen (secondary N) is 1. The van der Waals surface area contributed by atoms with E-state index in [0.717, 1.165) is 4.47 Å². The molecule has 0 radical (unpaired) electrons. The average molecular weight is 333 g/mol. The number of ether oxygens (including phenoxy) is 1. The van der Waals surface area contributed by atoms with E-state index in [1.807, 2.05) is 0 Å². The quantitative estimate of drug-likeness (QED) is 0.592. The molecule has 0 aromatic heterocycles. The van der Waals surface area contributed by atoms with Crippen molar-refractivity contribution < 1.29 is 14.8 Å². The summed E-state index contributed by atoms with van der Waals surface area (Å²) in [6.45, 7) is 2.28. The van der Waals surface area contributed by atoms with Crippen LogP contribution in [0, 0.1) is 10.1 Å². The smallest absolute Gasteiger partial charge is 0.292 e. The lowest BCUT2D eigenvalue weighted by Gasteiger charge is -2.23. The van der Waals surface area contributed by atoms with Gasteiger partial charge in [-0.1, -0.05) is 15.9 Å². The number of hydrogen-bond acceptors (Lipinski definition) is 5. The molecular formula is C12H17BrN2O4. The first-order valence-electron chi connectivity index (χ1n) is 5.75. The third kappa shape index (κ3) is 5.14. The predicted octanol–water partition coefficient (Wildman–Crippen LogP) is 2.56. The van der Waals surface area contributed by atoms with Crippen LogP contribution in [-0.4, -0.2) is 35.9 Å². The molecule has 0 heterocycles. The van der Waals surface area contributed by atoms with Crippen LogP contribution < -0.4 is 5.32 Å². The highest BCUT2D eigenvalue weighted by atomic mass is 79.9. The minimum absolute atomic E-state index is 0.0225. The Morgan fingerprint density at radius 1 is 1.58 bits per heavy atom.